The number of methoxy groups -OCH3 is 2. The highest BCUT2D eigenvalue weighted by molar-refractivity contribution is 7.92. The van der Waals surface area contributed by atoms with Gasteiger partial charge in [0.25, 0.3) is 10.0 Å². The van der Waals surface area contributed by atoms with Gasteiger partial charge in [-0.3, -0.25) is 9.10 Å². The number of anilines is 1. The van der Waals surface area contributed by atoms with Crippen LogP contribution in [0.2, 0.25) is 5.02 Å². The van der Waals surface area contributed by atoms with Gasteiger partial charge in [0.2, 0.25) is 5.91 Å². The van der Waals surface area contributed by atoms with Crippen LogP contribution in [0.5, 0.6) is 11.5 Å². The molecule has 0 spiro atoms. The Morgan fingerprint density at radius 1 is 0.971 bits per heavy atom. The maximum Gasteiger partial charge on any atom is 0.264 e. The Kier molecular flexibility index (Phi) is 8.06. The first kappa shape index (κ1) is 25.4. The number of halogens is 1. The van der Waals surface area contributed by atoms with Crippen molar-refractivity contribution in [3.8, 4) is 11.5 Å². The van der Waals surface area contributed by atoms with Gasteiger partial charge in [-0.2, -0.15) is 0 Å². The molecule has 0 fully saturated rings. The normalized spacial score (nSPS) is 12.0. The summed E-state index contributed by atoms with van der Waals surface area (Å²) in [4.78, 5) is 12.9. The number of hydrogen-bond acceptors (Lipinski definition) is 5. The molecule has 180 valence electrons. The van der Waals surface area contributed by atoms with Crippen molar-refractivity contribution in [3.63, 3.8) is 0 Å². The average molecular weight is 503 g/mol. The number of rotatable bonds is 9. The quantitative estimate of drug-likeness (QED) is 0.457. The van der Waals surface area contributed by atoms with Crippen LogP contribution in [0.3, 0.4) is 0 Å². The van der Waals surface area contributed by atoms with Crippen LogP contribution in [0.4, 0.5) is 5.69 Å². The first-order valence-corrected chi connectivity index (χ1v) is 12.3. The van der Waals surface area contributed by atoms with Crippen LogP contribution in [0.1, 0.15) is 24.1 Å². The van der Waals surface area contributed by atoms with Crippen LogP contribution < -0.4 is 19.1 Å². The molecule has 0 aliphatic heterocycles. The van der Waals surface area contributed by atoms with Crippen LogP contribution in [-0.4, -0.2) is 35.1 Å². The Morgan fingerprint density at radius 2 is 1.59 bits per heavy atom. The fourth-order valence-corrected chi connectivity index (χ4v) is 4.95. The van der Waals surface area contributed by atoms with E-state index in [0.29, 0.717) is 16.5 Å². The molecule has 3 rings (SSSR count). The largest absolute Gasteiger partial charge is 0.493 e. The highest BCUT2D eigenvalue weighted by atomic mass is 35.5. The third kappa shape index (κ3) is 5.81. The summed E-state index contributed by atoms with van der Waals surface area (Å²) in [5.41, 5.74) is 2.33. The summed E-state index contributed by atoms with van der Waals surface area (Å²) in [6.45, 7) is 3.41. The van der Waals surface area contributed by atoms with Gasteiger partial charge in [-0.05, 0) is 55.8 Å². The second-order valence-electron chi connectivity index (χ2n) is 7.70. The van der Waals surface area contributed by atoms with Crippen molar-refractivity contribution in [1.82, 2.24) is 5.32 Å². The van der Waals surface area contributed by atoms with E-state index < -0.39 is 22.5 Å². The Balaban J connectivity index is 1.93. The Labute approximate surface area is 205 Å². The minimum atomic E-state index is -4.13. The fraction of sp³-hybridized carbons (Fsp3) is 0.240. The minimum Gasteiger partial charge on any atom is -0.493 e. The second kappa shape index (κ2) is 10.8. The molecule has 1 unspecified atom stereocenters. The first-order valence-electron chi connectivity index (χ1n) is 10.5. The van der Waals surface area contributed by atoms with Gasteiger partial charge in [-0.1, -0.05) is 41.4 Å². The molecule has 1 atom stereocenters. The van der Waals surface area contributed by atoms with Gasteiger partial charge in [0.05, 0.1) is 30.8 Å². The molecule has 3 aromatic carbocycles. The van der Waals surface area contributed by atoms with E-state index in [-0.39, 0.29) is 16.7 Å². The van der Waals surface area contributed by atoms with Crippen molar-refractivity contribution in [2.75, 3.05) is 25.1 Å². The predicted octanol–water partition coefficient (Wildman–Crippen LogP) is 4.74. The van der Waals surface area contributed by atoms with Crippen molar-refractivity contribution in [1.29, 1.82) is 0 Å². The third-order valence-corrected chi connectivity index (χ3v) is 7.32. The van der Waals surface area contributed by atoms with Gasteiger partial charge < -0.3 is 14.8 Å². The second-order valence-corrected chi connectivity index (χ2v) is 10.0. The van der Waals surface area contributed by atoms with Crippen molar-refractivity contribution in [3.05, 3.63) is 82.9 Å². The van der Waals surface area contributed by atoms with Gasteiger partial charge in [0, 0.05) is 11.1 Å². The summed E-state index contributed by atoms with van der Waals surface area (Å²) >= 11 is 6.00. The van der Waals surface area contributed by atoms with E-state index in [4.69, 9.17) is 21.1 Å². The molecule has 1 N–H and O–H groups in total. The zero-order chi connectivity index (χ0) is 24.9. The lowest BCUT2D eigenvalue weighted by atomic mass is 10.1. The molecular formula is C25H27ClN2O5S. The first-order chi connectivity index (χ1) is 16.1. The molecule has 34 heavy (non-hydrogen) atoms. The lowest BCUT2D eigenvalue weighted by Crippen LogP contribution is -2.41. The Morgan fingerprint density at radius 3 is 2.18 bits per heavy atom. The lowest BCUT2D eigenvalue weighted by Gasteiger charge is -2.25. The van der Waals surface area contributed by atoms with Crippen molar-refractivity contribution in [2.24, 2.45) is 0 Å². The molecule has 0 bridgehead atoms. The summed E-state index contributed by atoms with van der Waals surface area (Å²) < 4.78 is 38.8. The SMILES string of the molecule is COc1ccc(S(=O)(=O)N(CC(=O)NC(C)c2ccc(C)cc2)c2ccc(Cl)cc2)cc1OC. The van der Waals surface area contributed by atoms with Crippen LogP contribution in [0.25, 0.3) is 0 Å². The number of aryl methyl sites for hydroxylation is 1. The molecule has 9 heteroatoms. The number of sulfonamides is 1. The lowest BCUT2D eigenvalue weighted by molar-refractivity contribution is -0.120. The molecule has 3 aromatic rings. The van der Waals surface area contributed by atoms with Crippen molar-refractivity contribution >= 4 is 33.2 Å². The Hall–Kier alpha value is -3.23. The molecule has 7 nitrogen and oxygen atoms in total. The highest BCUT2D eigenvalue weighted by Gasteiger charge is 2.29. The fourth-order valence-electron chi connectivity index (χ4n) is 3.38. The van der Waals surface area contributed by atoms with Gasteiger partial charge in [-0.15, -0.1) is 0 Å². The molecule has 0 saturated carbocycles. The van der Waals surface area contributed by atoms with Crippen LogP contribution >= 0.6 is 11.6 Å². The van der Waals surface area contributed by atoms with Gasteiger partial charge in [0.15, 0.2) is 11.5 Å². The van der Waals surface area contributed by atoms with E-state index >= 15 is 0 Å². The number of amides is 1. The molecule has 0 aliphatic rings. The van der Waals surface area contributed by atoms with Crippen LogP contribution in [0, 0.1) is 6.92 Å². The zero-order valence-electron chi connectivity index (χ0n) is 19.4. The smallest absolute Gasteiger partial charge is 0.264 e. The van der Waals surface area contributed by atoms with E-state index in [2.05, 4.69) is 5.32 Å². The van der Waals surface area contributed by atoms with E-state index in [1.165, 1.54) is 32.4 Å². The van der Waals surface area contributed by atoms with E-state index in [1.54, 1.807) is 24.3 Å². The molecule has 0 saturated heterocycles. The molecule has 0 aromatic heterocycles. The average Bonchev–Trinajstić information content (AvgIpc) is 2.83. The monoisotopic (exact) mass is 502 g/mol. The van der Waals surface area contributed by atoms with E-state index in [1.807, 2.05) is 38.1 Å². The van der Waals surface area contributed by atoms with Gasteiger partial charge >= 0.3 is 0 Å². The highest BCUT2D eigenvalue weighted by Crippen LogP contribution is 2.32. The topological polar surface area (TPSA) is 84.9 Å². The summed E-state index contributed by atoms with van der Waals surface area (Å²) in [5, 5.41) is 3.32. The molecule has 0 aliphatic carbocycles. The number of carbonyl (C=O) groups is 1. The predicted molar refractivity (Wildman–Crippen MR) is 133 cm³/mol. The number of benzene rings is 3. The van der Waals surface area contributed by atoms with Crippen LogP contribution in [-0.2, 0) is 14.8 Å². The van der Waals surface area contributed by atoms with Gasteiger partial charge in [-0.25, -0.2) is 8.42 Å². The summed E-state index contributed by atoms with van der Waals surface area (Å²) in [5.74, 6) is 0.202. The number of hydrogen-bond donors (Lipinski definition) is 1. The maximum absolute atomic E-state index is 13.6. The zero-order valence-corrected chi connectivity index (χ0v) is 21.0. The maximum atomic E-state index is 13.6. The molecule has 0 heterocycles. The van der Waals surface area contributed by atoms with Crippen molar-refractivity contribution < 1.29 is 22.7 Å². The molecule has 1 amide bonds. The summed E-state index contributed by atoms with van der Waals surface area (Å²) in [6.07, 6.45) is 0. The van der Waals surface area contributed by atoms with E-state index in [0.717, 1.165) is 15.4 Å². The molecule has 0 radical (unpaired) electrons. The minimum absolute atomic E-state index is 0.0421. The number of carbonyl (C=O) groups excluding carboxylic acids is 1. The van der Waals surface area contributed by atoms with Gasteiger partial charge in [0.1, 0.15) is 6.54 Å². The summed E-state index contributed by atoms with van der Waals surface area (Å²) in [7, 11) is -1.25. The molecular weight excluding hydrogens is 476 g/mol. The van der Waals surface area contributed by atoms with E-state index in [9.17, 15) is 13.2 Å². The van der Waals surface area contributed by atoms with Crippen molar-refractivity contribution in [2.45, 2.75) is 24.8 Å². The number of nitrogens with zero attached hydrogens (tertiary/aromatic N) is 1. The number of nitrogens with one attached hydrogen (secondary N) is 1. The number of ether oxygens (including phenoxy) is 2. The summed E-state index contributed by atoms with van der Waals surface area (Å²) in [6, 6.07) is 18.0. The third-order valence-electron chi connectivity index (χ3n) is 5.30. The Bertz CT molecular complexity index is 1250. The van der Waals surface area contributed by atoms with Crippen LogP contribution in [0.15, 0.2) is 71.6 Å². The standard InChI is InChI=1S/C25H27ClN2O5S/c1-17-5-7-19(8-6-17)18(2)27-25(29)16-28(21-11-9-20(26)10-12-21)34(30,31)22-13-14-23(32-3)24(15-22)33-4/h5-15,18H,16H2,1-4H3,(H,27,29).